The molecule has 0 radical (unpaired) electrons. The molecule has 1 aliphatic carbocycles. The third kappa shape index (κ3) is 3.26. The summed E-state index contributed by atoms with van der Waals surface area (Å²) in [6.07, 6.45) is 7.27. The van der Waals surface area contributed by atoms with Crippen LogP contribution in [-0.4, -0.2) is 11.0 Å². The van der Waals surface area contributed by atoms with Gasteiger partial charge in [0.1, 0.15) is 0 Å². The minimum atomic E-state index is -2.45. The van der Waals surface area contributed by atoms with Crippen molar-refractivity contribution >= 4 is 11.3 Å². The lowest BCUT2D eigenvalue weighted by Gasteiger charge is -2.33. The molecule has 0 N–H and O–H groups in total. The van der Waals surface area contributed by atoms with E-state index in [-0.39, 0.29) is 11.6 Å². The molecule has 1 aromatic heterocycles. The van der Waals surface area contributed by atoms with Gasteiger partial charge in [-0.15, -0.1) is 0 Å². The number of hydrogen-bond acceptors (Lipinski definition) is 2. The van der Waals surface area contributed by atoms with Gasteiger partial charge in [-0.05, 0) is 55.5 Å². The van der Waals surface area contributed by atoms with Crippen LogP contribution in [0.15, 0.2) is 42.6 Å². The summed E-state index contributed by atoms with van der Waals surface area (Å²) < 4.78 is 26.7. The van der Waals surface area contributed by atoms with Gasteiger partial charge < -0.3 is 4.90 Å². The van der Waals surface area contributed by atoms with E-state index in [4.69, 9.17) is 4.98 Å². The number of pyridine rings is 1. The zero-order valence-corrected chi connectivity index (χ0v) is 16.0. The monoisotopic (exact) mass is 368 g/mol. The maximum Gasteiger partial charge on any atom is 0.263 e. The summed E-state index contributed by atoms with van der Waals surface area (Å²) in [5.41, 5.74) is 5.38. The van der Waals surface area contributed by atoms with E-state index in [1.54, 1.807) is 12.1 Å². The van der Waals surface area contributed by atoms with Crippen LogP contribution >= 0.6 is 0 Å². The molecule has 1 atom stereocenters. The average molecular weight is 368 g/mol. The average Bonchev–Trinajstić information content (AvgIpc) is 3.29. The number of allylic oxidation sites excluding steroid dienone is 1. The molecular weight excluding hydrogens is 342 g/mol. The van der Waals surface area contributed by atoms with Gasteiger partial charge in [-0.1, -0.05) is 38.0 Å². The van der Waals surface area contributed by atoms with Crippen LogP contribution in [0.2, 0.25) is 0 Å². The summed E-state index contributed by atoms with van der Waals surface area (Å²) in [7, 11) is 0. The SMILES string of the molecule is CCC=C1c2cc(C(F)F)ccc2N(C2CCCC2)C1c1ccc(C)cn1. The Morgan fingerprint density at radius 2 is 1.96 bits per heavy atom. The number of aromatic nitrogens is 1. The fourth-order valence-electron chi connectivity index (χ4n) is 4.56. The lowest BCUT2D eigenvalue weighted by atomic mass is 9.96. The van der Waals surface area contributed by atoms with Gasteiger partial charge in [0.05, 0.1) is 11.7 Å². The quantitative estimate of drug-likeness (QED) is 0.602. The normalized spacial score (nSPS) is 21.4. The van der Waals surface area contributed by atoms with Crippen molar-refractivity contribution in [3.8, 4) is 0 Å². The number of aryl methyl sites for hydroxylation is 1. The first-order chi connectivity index (χ1) is 13.1. The zero-order chi connectivity index (χ0) is 19.0. The zero-order valence-electron chi connectivity index (χ0n) is 16.0. The molecule has 1 fully saturated rings. The second-order valence-corrected chi connectivity index (χ2v) is 7.65. The number of alkyl halides is 2. The van der Waals surface area contributed by atoms with Crippen LogP contribution in [-0.2, 0) is 0 Å². The number of halogens is 2. The van der Waals surface area contributed by atoms with E-state index in [9.17, 15) is 8.78 Å². The summed E-state index contributed by atoms with van der Waals surface area (Å²) in [5.74, 6) is 0. The molecule has 27 heavy (non-hydrogen) atoms. The third-order valence-electron chi connectivity index (χ3n) is 5.79. The highest BCUT2D eigenvalue weighted by Crippen LogP contribution is 2.51. The summed E-state index contributed by atoms with van der Waals surface area (Å²) in [5, 5.41) is 0. The fourth-order valence-corrected chi connectivity index (χ4v) is 4.56. The van der Waals surface area contributed by atoms with E-state index in [1.165, 1.54) is 12.8 Å². The molecule has 2 heterocycles. The molecule has 0 spiro atoms. The maximum absolute atomic E-state index is 13.4. The van der Waals surface area contributed by atoms with Gasteiger partial charge in [0.15, 0.2) is 0 Å². The summed E-state index contributed by atoms with van der Waals surface area (Å²) >= 11 is 0. The highest BCUT2D eigenvalue weighted by atomic mass is 19.3. The van der Waals surface area contributed by atoms with E-state index >= 15 is 0 Å². The lowest BCUT2D eigenvalue weighted by molar-refractivity contribution is 0.151. The standard InChI is InChI=1S/C23H26F2N2/c1-3-6-18-19-13-16(23(24)25)10-12-21(19)27(17-7-4-5-8-17)22(18)20-11-9-15(2)14-26-20/h6,9-14,17,22-23H,3-5,7-8H2,1-2H3. The Morgan fingerprint density at radius 1 is 1.19 bits per heavy atom. The van der Waals surface area contributed by atoms with Crippen LogP contribution in [0.3, 0.4) is 0 Å². The van der Waals surface area contributed by atoms with E-state index in [1.807, 2.05) is 19.2 Å². The molecule has 0 bridgehead atoms. The molecule has 1 aromatic carbocycles. The van der Waals surface area contributed by atoms with E-state index in [0.717, 1.165) is 47.3 Å². The van der Waals surface area contributed by atoms with E-state index in [2.05, 4.69) is 30.0 Å². The van der Waals surface area contributed by atoms with Gasteiger partial charge in [0.25, 0.3) is 6.43 Å². The number of fused-ring (bicyclic) bond motifs is 1. The van der Waals surface area contributed by atoms with Crippen molar-refractivity contribution in [1.29, 1.82) is 0 Å². The Kier molecular flexibility index (Phi) is 4.98. The number of anilines is 1. The van der Waals surface area contributed by atoms with Crippen molar-refractivity contribution in [2.75, 3.05) is 4.90 Å². The molecule has 0 amide bonds. The summed E-state index contributed by atoms with van der Waals surface area (Å²) in [6.45, 7) is 4.13. The predicted octanol–water partition coefficient (Wildman–Crippen LogP) is 6.62. The minimum Gasteiger partial charge on any atom is -0.355 e. The topological polar surface area (TPSA) is 16.1 Å². The second-order valence-electron chi connectivity index (χ2n) is 7.65. The lowest BCUT2D eigenvalue weighted by Crippen LogP contribution is -2.34. The number of hydrogen-bond donors (Lipinski definition) is 0. The molecule has 4 rings (SSSR count). The van der Waals surface area contributed by atoms with Crippen molar-refractivity contribution in [2.45, 2.75) is 64.5 Å². The van der Waals surface area contributed by atoms with Crippen LogP contribution in [0.5, 0.6) is 0 Å². The molecule has 4 heteroatoms. The van der Waals surface area contributed by atoms with Crippen LogP contribution < -0.4 is 4.90 Å². The molecular formula is C23H26F2N2. The molecule has 2 aromatic rings. The van der Waals surface area contributed by atoms with Gasteiger partial charge in [-0.2, -0.15) is 0 Å². The smallest absolute Gasteiger partial charge is 0.263 e. The Bertz CT molecular complexity index is 836. The van der Waals surface area contributed by atoms with Gasteiger partial charge in [-0.25, -0.2) is 8.78 Å². The maximum atomic E-state index is 13.4. The van der Waals surface area contributed by atoms with Crippen molar-refractivity contribution in [2.24, 2.45) is 0 Å². The first-order valence-electron chi connectivity index (χ1n) is 9.93. The first kappa shape index (κ1) is 18.1. The number of benzene rings is 1. The Hall–Kier alpha value is -2.23. The highest BCUT2D eigenvalue weighted by molar-refractivity contribution is 5.89. The third-order valence-corrected chi connectivity index (χ3v) is 5.79. The van der Waals surface area contributed by atoms with Crippen molar-refractivity contribution in [3.05, 3.63) is 65.0 Å². The fraction of sp³-hybridized carbons (Fsp3) is 0.435. The van der Waals surface area contributed by atoms with E-state index in [0.29, 0.717) is 6.04 Å². The van der Waals surface area contributed by atoms with Gasteiger partial charge >= 0.3 is 0 Å². The van der Waals surface area contributed by atoms with Gasteiger partial charge in [-0.3, -0.25) is 4.98 Å². The molecule has 1 aliphatic heterocycles. The molecule has 2 aliphatic rings. The second kappa shape index (κ2) is 7.41. The molecule has 2 nitrogen and oxygen atoms in total. The van der Waals surface area contributed by atoms with Crippen LogP contribution in [0.4, 0.5) is 14.5 Å². The van der Waals surface area contributed by atoms with Crippen molar-refractivity contribution < 1.29 is 8.78 Å². The van der Waals surface area contributed by atoms with Crippen LogP contribution in [0.25, 0.3) is 5.57 Å². The van der Waals surface area contributed by atoms with Crippen molar-refractivity contribution in [1.82, 2.24) is 4.98 Å². The van der Waals surface area contributed by atoms with Crippen LogP contribution in [0.1, 0.15) is 73.9 Å². The highest BCUT2D eigenvalue weighted by Gasteiger charge is 2.40. The van der Waals surface area contributed by atoms with Crippen LogP contribution in [0, 0.1) is 6.92 Å². The Morgan fingerprint density at radius 3 is 2.59 bits per heavy atom. The van der Waals surface area contributed by atoms with Gasteiger partial charge in [0, 0.05) is 29.1 Å². The molecule has 0 saturated heterocycles. The summed E-state index contributed by atoms with van der Waals surface area (Å²) in [6, 6.07) is 9.80. The Labute approximate surface area is 159 Å². The molecule has 1 saturated carbocycles. The number of nitrogens with zero attached hydrogens (tertiary/aromatic N) is 2. The Balaban J connectivity index is 1.88. The predicted molar refractivity (Wildman–Crippen MR) is 106 cm³/mol. The summed E-state index contributed by atoms with van der Waals surface area (Å²) in [4.78, 5) is 7.18. The number of rotatable bonds is 4. The first-order valence-corrected chi connectivity index (χ1v) is 9.93. The van der Waals surface area contributed by atoms with E-state index < -0.39 is 6.43 Å². The van der Waals surface area contributed by atoms with Gasteiger partial charge in [0.2, 0.25) is 0 Å². The largest absolute Gasteiger partial charge is 0.355 e. The minimum absolute atomic E-state index is 0.0107. The molecule has 142 valence electrons. The molecule has 1 unspecified atom stereocenters. The van der Waals surface area contributed by atoms with Crippen molar-refractivity contribution in [3.63, 3.8) is 0 Å².